The maximum atomic E-state index is 12.4. The van der Waals surface area contributed by atoms with Crippen LogP contribution in [0.3, 0.4) is 0 Å². The van der Waals surface area contributed by atoms with Crippen LogP contribution in [-0.2, 0) is 0 Å². The normalized spacial score (nSPS) is 12.5. The number of para-hydroxylation sites is 1. The smallest absolute Gasteiger partial charge is 0.253 e. The number of aryl methyl sites for hydroxylation is 1. The topological polar surface area (TPSA) is 58.0 Å². The Balaban J connectivity index is 1.84. The van der Waals surface area contributed by atoms with Gasteiger partial charge in [-0.25, -0.2) is 0 Å². The number of rotatable bonds is 3. The van der Waals surface area contributed by atoms with E-state index in [1.165, 1.54) is 0 Å². The average Bonchev–Trinajstić information content (AvgIpc) is 3.06. The summed E-state index contributed by atoms with van der Waals surface area (Å²) in [6.07, 6.45) is 1.83. The third kappa shape index (κ3) is 2.20. The van der Waals surface area contributed by atoms with Gasteiger partial charge in [-0.1, -0.05) is 12.1 Å². The summed E-state index contributed by atoms with van der Waals surface area (Å²) in [6.45, 7) is 3.79. The molecular formula is C16H16N2O2. The lowest BCUT2D eigenvalue weighted by Gasteiger charge is -2.12. The summed E-state index contributed by atoms with van der Waals surface area (Å²) in [4.78, 5) is 15.5. The van der Waals surface area contributed by atoms with Crippen molar-refractivity contribution in [2.45, 2.75) is 19.9 Å². The number of H-pyrrole nitrogens is 1. The largest absolute Gasteiger partial charge is 0.464 e. The van der Waals surface area contributed by atoms with Crippen LogP contribution in [0.25, 0.3) is 10.9 Å². The van der Waals surface area contributed by atoms with E-state index >= 15 is 0 Å². The monoisotopic (exact) mass is 268 g/mol. The number of hydrogen-bond donors (Lipinski definition) is 2. The van der Waals surface area contributed by atoms with Gasteiger partial charge < -0.3 is 14.7 Å². The molecule has 4 nitrogen and oxygen atoms in total. The molecule has 3 rings (SSSR count). The summed E-state index contributed by atoms with van der Waals surface area (Å²) < 4.78 is 5.53. The zero-order chi connectivity index (χ0) is 14.1. The van der Waals surface area contributed by atoms with Crippen LogP contribution in [-0.4, -0.2) is 10.9 Å². The number of carbonyl (C=O) groups excluding carboxylic acids is 1. The van der Waals surface area contributed by atoms with Gasteiger partial charge in [0.25, 0.3) is 5.91 Å². The van der Waals surface area contributed by atoms with Crippen LogP contribution in [0.15, 0.2) is 47.0 Å². The Bertz CT molecular complexity index is 755. The maximum Gasteiger partial charge on any atom is 0.253 e. The molecule has 3 aromatic rings. The number of aromatic amines is 1. The molecule has 0 radical (unpaired) electrons. The van der Waals surface area contributed by atoms with Gasteiger partial charge in [0.15, 0.2) is 0 Å². The minimum Gasteiger partial charge on any atom is -0.464 e. The van der Waals surface area contributed by atoms with Crippen molar-refractivity contribution in [3.8, 4) is 0 Å². The summed E-state index contributed by atoms with van der Waals surface area (Å²) in [5.41, 5.74) is 1.50. The molecule has 1 aromatic carbocycles. The average molecular weight is 268 g/mol. The van der Waals surface area contributed by atoms with Crippen LogP contribution < -0.4 is 5.32 Å². The van der Waals surface area contributed by atoms with E-state index in [0.29, 0.717) is 5.56 Å². The van der Waals surface area contributed by atoms with E-state index in [1.54, 1.807) is 0 Å². The van der Waals surface area contributed by atoms with Crippen molar-refractivity contribution in [1.29, 1.82) is 0 Å². The van der Waals surface area contributed by atoms with Crippen molar-refractivity contribution in [2.75, 3.05) is 0 Å². The Hall–Kier alpha value is -2.49. The summed E-state index contributed by atoms with van der Waals surface area (Å²) in [5, 5.41) is 3.98. The van der Waals surface area contributed by atoms with Crippen LogP contribution >= 0.6 is 0 Å². The highest BCUT2D eigenvalue weighted by molar-refractivity contribution is 6.05. The van der Waals surface area contributed by atoms with Crippen LogP contribution in [0.1, 0.15) is 34.8 Å². The van der Waals surface area contributed by atoms with E-state index < -0.39 is 0 Å². The van der Waals surface area contributed by atoms with Gasteiger partial charge in [-0.3, -0.25) is 4.79 Å². The molecule has 2 heterocycles. The number of carbonyl (C=O) groups is 1. The van der Waals surface area contributed by atoms with E-state index in [4.69, 9.17) is 4.42 Å². The van der Waals surface area contributed by atoms with Gasteiger partial charge in [-0.2, -0.15) is 0 Å². The first-order valence-electron chi connectivity index (χ1n) is 6.58. The zero-order valence-corrected chi connectivity index (χ0v) is 11.4. The molecule has 0 fully saturated rings. The van der Waals surface area contributed by atoms with Gasteiger partial charge in [-0.15, -0.1) is 0 Å². The SMILES string of the molecule is Cc1ccc(C(C)NC(=O)c2cccc3cc[nH]c23)o1. The molecule has 1 unspecified atom stereocenters. The van der Waals surface area contributed by atoms with Crippen LogP contribution in [0.5, 0.6) is 0 Å². The lowest BCUT2D eigenvalue weighted by atomic mass is 10.1. The fourth-order valence-electron chi connectivity index (χ4n) is 2.31. The fourth-order valence-corrected chi connectivity index (χ4v) is 2.31. The number of fused-ring (bicyclic) bond motifs is 1. The lowest BCUT2D eigenvalue weighted by Crippen LogP contribution is -2.26. The zero-order valence-electron chi connectivity index (χ0n) is 11.4. The van der Waals surface area contributed by atoms with Gasteiger partial charge >= 0.3 is 0 Å². The second-order valence-corrected chi connectivity index (χ2v) is 4.89. The van der Waals surface area contributed by atoms with Gasteiger partial charge in [0.2, 0.25) is 0 Å². The summed E-state index contributed by atoms with van der Waals surface area (Å²) in [7, 11) is 0. The van der Waals surface area contributed by atoms with Crippen LogP contribution in [0, 0.1) is 6.92 Å². The summed E-state index contributed by atoms with van der Waals surface area (Å²) in [5.74, 6) is 1.49. The van der Waals surface area contributed by atoms with Crippen molar-refractivity contribution in [3.63, 3.8) is 0 Å². The molecule has 1 amide bonds. The quantitative estimate of drug-likeness (QED) is 0.763. The third-order valence-electron chi connectivity index (χ3n) is 3.37. The molecule has 1 atom stereocenters. The fraction of sp³-hybridized carbons (Fsp3) is 0.188. The highest BCUT2D eigenvalue weighted by atomic mass is 16.3. The molecule has 0 aliphatic heterocycles. The van der Waals surface area contributed by atoms with E-state index in [0.717, 1.165) is 22.4 Å². The molecule has 4 heteroatoms. The minimum absolute atomic E-state index is 0.111. The van der Waals surface area contributed by atoms with Crippen LogP contribution in [0.2, 0.25) is 0 Å². The molecule has 2 aromatic heterocycles. The Morgan fingerprint density at radius 2 is 2.10 bits per heavy atom. The van der Waals surface area contributed by atoms with E-state index in [9.17, 15) is 4.79 Å². The van der Waals surface area contributed by atoms with Crippen molar-refractivity contribution in [1.82, 2.24) is 10.3 Å². The standard InChI is InChI=1S/C16H16N2O2/c1-10-6-7-14(20-10)11(2)18-16(19)13-5-3-4-12-8-9-17-15(12)13/h3-9,11,17H,1-2H3,(H,18,19). The molecule has 0 bridgehead atoms. The van der Waals surface area contributed by atoms with Gasteiger partial charge in [0, 0.05) is 11.6 Å². The Labute approximate surface area is 116 Å². The minimum atomic E-state index is -0.165. The molecule has 0 saturated heterocycles. The van der Waals surface area contributed by atoms with Crippen LogP contribution in [0.4, 0.5) is 0 Å². The van der Waals surface area contributed by atoms with Crippen molar-refractivity contribution < 1.29 is 9.21 Å². The first-order valence-corrected chi connectivity index (χ1v) is 6.58. The maximum absolute atomic E-state index is 12.4. The molecule has 0 spiro atoms. The number of benzene rings is 1. The van der Waals surface area contributed by atoms with E-state index in [1.807, 2.05) is 56.4 Å². The van der Waals surface area contributed by atoms with Gasteiger partial charge in [0.05, 0.1) is 17.1 Å². The van der Waals surface area contributed by atoms with Gasteiger partial charge in [-0.05, 0) is 38.1 Å². The number of furan rings is 1. The van der Waals surface area contributed by atoms with Crippen molar-refractivity contribution in [2.24, 2.45) is 0 Å². The Morgan fingerprint density at radius 1 is 1.25 bits per heavy atom. The first kappa shape index (κ1) is 12.5. The van der Waals surface area contributed by atoms with Crippen molar-refractivity contribution >= 4 is 16.8 Å². The Morgan fingerprint density at radius 3 is 2.85 bits per heavy atom. The summed E-state index contributed by atoms with van der Waals surface area (Å²) in [6, 6.07) is 11.2. The molecule has 0 aliphatic carbocycles. The molecule has 102 valence electrons. The highest BCUT2D eigenvalue weighted by Gasteiger charge is 2.16. The number of nitrogens with one attached hydrogen (secondary N) is 2. The number of hydrogen-bond acceptors (Lipinski definition) is 2. The molecule has 0 aliphatic rings. The third-order valence-corrected chi connectivity index (χ3v) is 3.37. The predicted molar refractivity (Wildman–Crippen MR) is 77.6 cm³/mol. The summed E-state index contributed by atoms with van der Waals surface area (Å²) >= 11 is 0. The first-order chi connectivity index (χ1) is 9.65. The lowest BCUT2D eigenvalue weighted by molar-refractivity contribution is 0.0936. The van der Waals surface area contributed by atoms with Gasteiger partial charge in [0.1, 0.15) is 11.5 Å². The molecule has 2 N–H and O–H groups in total. The Kier molecular flexibility index (Phi) is 3.06. The van der Waals surface area contributed by atoms with E-state index in [-0.39, 0.29) is 11.9 Å². The highest BCUT2D eigenvalue weighted by Crippen LogP contribution is 2.19. The second-order valence-electron chi connectivity index (χ2n) is 4.89. The molecular weight excluding hydrogens is 252 g/mol. The molecule has 0 saturated carbocycles. The number of aromatic nitrogens is 1. The van der Waals surface area contributed by atoms with E-state index in [2.05, 4.69) is 10.3 Å². The second kappa shape index (κ2) is 4.89. The van der Waals surface area contributed by atoms with Crippen molar-refractivity contribution in [3.05, 3.63) is 59.7 Å². The molecule has 20 heavy (non-hydrogen) atoms. The number of amides is 1. The predicted octanol–water partition coefficient (Wildman–Crippen LogP) is 3.56.